The second kappa shape index (κ2) is 7.23. The SMILES string of the molecule is Cc1ccc(C(=O)NC(C)C)cc1NS(=O)(=O)c1ccc(Cl)cc1. The Labute approximate surface area is 147 Å². The Hall–Kier alpha value is -2.05. The van der Waals surface area contributed by atoms with Crippen LogP contribution in [0.3, 0.4) is 0 Å². The fourth-order valence-corrected chi connectivity index (χ4v) is 3.28. The van der Waals surface area contributed by atoms with Crippen molar-refractivity contribution in [3.63, 3.8) is 0 Å². The lowest BCUT2D eigenvalue weighted by molar-refractivity contribution is 0.0943. The number of carbonyl (C=O) groups is 1. The van der Waals surface area contributed by atoms with Crippen molar-refractivity contribution >= 4 is 33.2 Å². The Morgan fingerprint density at radius 2 is 1.71 bits per heavy atom. The van der Waals surface area contributed by atoms with Crippen LogP contribution >= 0.6 is 11.6 Å². The Bertz CT molecular complexity index is 847. The van der Waals surface area contributed by atoms with E-state index >= 15 is 0 Å². The molecule has 0 saturated carbocycles. The lowest BCUT2D eigenvalue weighted by atomic mass is 10.1. The maximum Gasteiger partial charge on any atom is 0.261 e. The van der Waals surface area contributed by atoms with E-state index in [-0.39, 0.29) is 16.8 Å². The van der Waals surface area contributed by atoms with Gasteiger partial charge in [-0.25, -0.2) is 8.42 Å². The van der Waals surface area contributed by atoms with E-state index < -0.39 is 10.0 Å². The summed E-state index contributed by atoms with van der Waals surface area (Å²) in [5, 5.41) is 3.23. The highest BCUT2D eigenvalue weighted by Gasteiger charge is 2.17. The summed E-state index contributed by atoms with van der Waals surface area (Å²) in [6.45, 7) is 5.48. The molecule has 0 aliphatic heterocycles. The van der Waals surface area contributed by atoms with E-state index in [1.165, 1.54) is 30.3 Å². The smallest absolute Gasteiger partial charge is 0.261 e. The third kappa shape index (κ3) is 4.49. The maximum atomic E-state index is 12.5. The fraction of sp³-hybridized carbons (Fsp3) is 0.235. The van der Waals surface area contributed by atoms with Gasteiger partial charge in [0.1, 0.15) is 0 Å². The summed E-state index contributed by atoms with van der Waals surface area (Å²) < 4.78 is 27.5. The highest BCUT2D eigenvalue weighted by atomic mass is 35.5. The van der Waals surface area contributed by atoms with Gasteiger partial charge in [0.2, 0.25) is 0 Å². The van der Waals surface area contributed by atoms with Gasteiger partial charge in [0.15, 0.2) is 0 Å². The Morgan fingerprint density at radius 1 is 1.08 bits per heavy atom. The van der Waals surface area contributed by atoms with Crippen molar-refractivity contribution in [2.75, 3.05) is 4.72 Å². The average Bonchev–Trinajstić information content (AvgIpc) is 2.49. The first kappa shape index (κ1) is 18.3. The highest BCUT2D eigenvalue weighted by molar-refractivity contribution is 7.92. The number of nitrogens with one attached hydrogen (secondary N) is 2. The Balaban J connectivity index is 2.31. The molecule has 0 aromatic heterocycles. The fourth-order valence-electron chi connectivity index (χ4n) is 2.04. The molecule has 2 N–H and O–H groups in total. The van der Waals surface area contributed by atoms with Crippen molar-refractivity contribution in [1.82, 2.24) is 5.32 Å². The van der Waals surface area contributed by atoms with Gasteiger partial charge in [-0.1, -0.05) is 17.7 Å². The number of hydrogen-bond donors (Lipinski definition) is 2. The van der Waals surface area contributed by atoms with Crippen molar-refractivity contribution in [3.05, 3.63) is 58.6 Å². The molecule has 2 aromatic rings. The van der Waals surface area contributed by atoms with Crippen LogP contribution in [0.1, 0.15) is 29.8 Å². The van der Waals surface area contributed by atoms with E-state index in [4.69, 9.17) is 11.6 Å². The van der Waals surface area contributed by atoms with Crippen LogP contribution in [-0.4, -0.2) is 20.4 Å². The molecule has 0 aliphatic rings. The standard InChI is InChI=1S/C17H19ClN2O3S/c1-11(2)19-17(21)13-5-4-12(3)16(10-13)20-24(22,23)15-8-6-14(18)7-9-15/h4-11,20H,1-3H3,(H,19,21). The molecule has 7 heteroatoms. The highest BCUT2D eigenvalue weighted by Crippen LogP contribution is 2.22. The minimum Gasteiger partial charge on any atom is -0.350 e. The van der Waals surface area contributed by atoms with Gasteiger partial charge in [0, 0.05) is 16.6 Å². The number of anilines is 1. The maximum absolute atomic E-state index is 12.5. The van der Waals surface area contributed by atoms with Crippen molar-refractivity contribution < 1.29 is 13.2 Å². The van der Waals surface area contributed by atoms with Crippen LogP contribution in [0.15, 0.2) is 47.4 Å². The Kier molecular flexibility index (Phi) is 5.51. The third-order valence-electron chi connectivity index (χ3n) is 3.29. The second-order valence-corrected chi connectivity index (χ2v) is 7.84. The van der Waals surface area contributed by atoms with Gasteiger partial charge in [-0.05, 0) is 62.7 Å². The molecule has 0 heterocycles. The number of rotatable bonds is 5. The molecule has 0 spiro atoms. The molecule has 0 unspecified atom stereocenters. The molecule has 0 radical (unpaired) electrons. The molecule has 0 atom stereocenters. The molecule has 2 rings (SSSR count). The van der Waals surface area contributed by atoms with Crippen molar-refractivity contribution in [3.8, 4) is 0 Å². The Morgan fingerprint density at radius 3 is 2.29 bits per heavy atom. The molecular formula is C17H19ClN2O3S. The monoisotopic (exact) mass is 366 g/mol. The van der Waals surface area contributed by atoms with Crippen molar-refractivity contribution in [2.45, 2.75) is 31.7 Å². The van der Waals surface area contributed by atoms with Gasteiger partial charge in [0.25, 0.3) is 15.9 Å². The van der Waals surface area contributed by atoms with Crippen molar-refractivity contribution in [2.24, 2.45) is 0 Å². The minimum atomic E-state index is -3.76. The molecular weight excluding hydrogens is 348 g/mol. The molecule has 2 aromatic carbocycles. The number of halogens is 1. The minimum absolute atomic E-state index is 0.00647. The van der Waals surface area contributed by atoms with Gasteiger partial charge in [-0.15, -0.1) is 0 Å². The number of aryl methyl sites for hydroxylation is 1. The zero-order valence-corrected chi connectivity index (χ0v) is 15.2. The summed E-state index contributed by atoms with van der Waals surface area (Å²) in [4.78, 5) is 12.2. The zero-order chi connectivity index (χ0) is 17.9. The van der Waals surface area contributed by atoms with Gasteiger partial charge in [-0.2, -0.15) is 0 Å². The van der Waals surface area contributed by atoms with Gasteiger partial charge >= 0.3 is 0 Å². The molecule has 0 fully saturated rings. The first-order valence-electron chi connectivity index (χ1n) is 7.39. The van der Waals surface area contributed by atoms with Crippen molar-refractivity contribution in [1.29, 1.82) is 0 Å². The van der Waals surface area contributed by atoms with Crippen LogP contribution in [0.2, 0.25) is 5.02 Å². The molecule has 128 valence electrons. The van der Waals surface area contributed by atoms with E-state index in [0.29, 0.717) is 21.8 Å². The van der Waals surface area contributed by atoms with Gasteiger partial charge in [-0.3, -0.25) is 9.52 Å². The van der Waals surface area contributed by atoms with E-state index in [9.17, 15) is 13.2 Å². The van der Waals surface area contributed by atoms with Gasteiger partial charge < -0.3 is 5.32 Å². The van der Waals surface area contributed by atoms with Crippen LogP contribution < -0.4 is 10.0 Å². The predicted molar refractivity (Wildman–Crippen MR) is 96.0 cm³/mol. The molecule has 1 amide bonds. The normalized spacial score (nSPS) is 11.4. The number of benzene rings is 2. The van der Waals surface area contributed by atoms with E-state index in [2.05, 4.69) is 10.0 Å². The average molecular weight is 367 g/mol. The number of amides is 1. The molecule has 0 saturated heterocycles. The molecule has 0 aliphatic carbocycles. The van der Waals surface area contributed by atoms with Crippen LogP contribution in [0.5, 0.6) is 0 Å². The number of sulfonamides is 1. The lowest BCUT2D eigenvalue weighted by Gasteiger charge is -2.13. The second-order valence-electron chi connectivity index (χ2n) is 5.72. The predicted octanol–water partition coefficient (Wildman–Crippen LogP) is 3.59. The van der Waals surface area contributed by atoms with Crippen LogP contribution in [0, 0.1) is 6.92 Å². The first-order valence-corrected chi connectivity index (χ1v) is 9.25. The van der Waals surface area contributed by atoms with Crippen LogP contribution in [-0.2, 0) is 10.0 Å². The topological polar surface area (TPSA) is 75.3 Å². The van der Waals surface area contributed by atoms with E-state index in [1.54, 1.807) is 19.1 Å². The summed E-state index contributed by atoms with van der Waals surface area (Å²) in [5.74, 6) is -0.253. The molecule has 5 nitrogen and oxygen atoms in total. The summed E-state index contributed by atoms with van der Waals surface area (Å²) >= 11 is 5.78. The largest absolute Gasteiger partial charge is 0.350 e. The third-order valence-corrected chi connectivity index (χ3v) is 4.92. The summed E-state index contributed by atoms with van der Waals surface area (Å²) in [6.07, 6.45) is 0. The van der Waals surface area contributed by atoms with Crippen LogP contribution in [0.4, 0.5) is 5.69 Å². The zero-order valence-electron chi connectivity index (χ0n) is 13.6. The summed E-state index contributed by atoms with van der Waals surface area (Å²) in [5.41, 5.74) is 1.47. The van der Waals surface area contributed by atoms with E-state index in [0.717, 1.165) is 0 Å². The molecule has 24 heavy (non-hydrogen) atoms. The molecule has 0 bridgehead atoms. The van der Waals surface area contributed by atoms with E-state index in [1.807, 2.05) is 13.8 Å². The summed E-state index contributed by atoms with van der Waals surface area (Å²) in [7, 11) is -3.76. The number of carbonyl (C=O) groups excluding carboxylic acids is 1. The number of hydrogen-bond acceptors (Lipinski definition) is 3. The van der Waals surface area contributed by atoms with Gasteiger partial charge in [0.05, 0.1) is 10.6 Å². The first-order chi connectivity index (χ1) is 11.2. The summed E-state index contributed by atoms with van der Waals surface area (Å²) in [6, 6.07) is 10.8. The quantitative estimate of drug-likeness (QED) is 0.849. The van der Waals surface area contributed by atoms with Crippen LogP contribution in [0.25, 0.3) is 0 Å². The lowest BCUT2D eigenvalue weighted by Crippen LogP contribution is -2.30.